The molecule has 0 radical (unpaired) electrons. The number of nitrogens with zero attached hydrogens (tertiary/aromatic N) is 1. The van der Waals surface area contributed by atoms with Crippen molar-refractivity contribution in [1.29, 1.82) is 0 Å². The molecule has 8 aromatic rings. The molecule has 0 saturated heterocycles. The molecule has 1 heterocycles. The van der Waals surface area contributed by atoms with Gasteiger partial charge in [-0.2, -0.15) is 0 Å². The maximum Gasteiger partial charge on any atom is 0.159 e. The van der Waals surface area contributed by atoms with E-state index < -0.39 is 0 Å². The van der Waals surface area contributed by atoms with Crippen LogP contribution in [0.3, 0.4) is 0 Å². The van der Waals surface area contributed by atoms with Gasteiger partial charge < -0.3 is 9.32 Å². The fourth-order valence-electron chi connectivity index (χ4n) is 8.60. The number of allylic oxidation sites excluding steroid dienone is 2. The first-order chi connectivity index (χ1) is 24.1. The average Bonchev–Trinajstić information content (AvgIpc) is 3.65. The largest absolute Gasteiger partial charge is 0.454 e. The first-order valence-corrected chi connectivity index (χ1v) is 17.3. The predicted molar refractivity (Wildman–Crippen MR) is 207 cm³/mol. The van der Waals surface area contributed by atoms with Crippen molar-refractivity contribution in [3.05, 3.63) is 174 Å². The zero-order valence-electron chi connectivity index (χ0n) is 27.7. The molecule has 1 unspecified atom stereocenters. The Hall–Kier alpha value is -5.86. The van der Waals surface area contributed by atoms with E-state index in [0.29, 0.717) is 0 Å². The summed E-state index contributed by atoms with van der Waals surface area (Å²) in [5.41, 5.74) is 12.0. The van der Waals surface area contributed by atoms with Crippen LogP contribution in [0.15, 0.2) is 168 Å². The fourth-order valence-corrected chi connectivity index (χ4v) is 8.60. The van der Waals surface area contributed by atoms with Gasteiger partial charge >= 0.3 is 0 Å². The number of hydrogen-bond donors (Lipinski definition) is 0. The molecule has 7 aromatic carbocycles. The maximum atomic E-state index is 6.89. The summed E-state index contributed by atoms with van der Waals surface area (Å²) in [5, 5.41) is 7.25. The van der Waals surface area contributed by atoms with Crippen molar-refractivity contribution in [2.45, 2.75) is 31.7 Å². The highest BCUT2D eigenvalue weighted by Gasteiger charge is 2.40. The lowest BCUT2D eigenvalue weighted by Crippen LogP contribution is -2.32. The Labute approximate surface area is 286 Å². The van der Waals surface area contributed by atoms with Crippen LogP contribution in [-0.2, 0) is 5.41 Å². The third-order valence-corrected chi connectivity index (χ3v) is 11.0. The lowest BCUT2D eigenvalue weighted by atomic mass is 9.79. The Balaban J connectivity index is 1.23. The summed E-state index contributed by atoms with van der Waals surface area (Å²) in [6.45, 7) is 4.75. The van der Waals surface area contributed by atoms with Crippen LogP contribution >= 0.6 is 0 Å². The zero-order valence-corrected chi connectivity index (χ0v) is 27.7. The number of anilines is 2. The monoisotopic (exact) mass is 629 g/mol. The summed E-state index contributed by atoms with van der Waals surface area (Å²) in [6.07, 6.45) is 5.91. The van der Waals surface area contributed by atoms with Crippen molar-refractivity contribution in [3.8, 4) is 11.1 Å². The molecule has 2 aliphatic carbocycles. The molecule has 49 heavy (non-hydrogen) atoms. The van der Waals surface area contributed by atoms with Crippen LogP contribution in [0.2, 0.25) is 0 Å². The first kappa shape index (κ1) is 28.2. The van der Waals surface area contributed by atoms with E-state index in [2.05, 4.69) is 176 Å². The van der Waals surface area contributed by atoms with Gasteiger partial charge in [0, 0.05) is 27.4 Å². The summed E-state index contributed by atoms with van der Waals surface area (Å²) in [7, 11) is 0. The highest BCUT2D eigenvalue weighted by molar-refractivity contribution is 6.20. The topological polar surface area (TPSA) is 16.4 Å². The quantitative estimate of drug-likeness (QED) is 0.193. The van der Waals surface area contributed by atoms with Crippen molar-refractivity contribution in [2.24, 2.45) is 0 Å². The summed E-state index contributed by atoms with van der Waals surface area (Å²) in [5.74, 6) is 0. The van der Waals surface area contributed by atoms with Crippen LogP contribution in [0.5, 0.6) is 0 Å². The Kier molecular flexibility index (Phi) is 6.08. The average molecular weight is 630 g/mol. The second kappa shape index (κ2) is 10.6. The Morgan fingerprint density at radius 2 is 1.31 bits per heavy atom. The van der Waals surface area contributed by atoms with E-state index in [0.717, 1.165) is 28.7 Å². The van der Waals surface area contributed by atoms with Gasteiger partial charge in [0.05, 0.1) is 11.7 Å². The molecule has 0 spiro atoms. The van der Waals surface area contributed by atoms with Crippen molar-refractivity contribution in [3.63, 3.8) is 0 Å². The highest BCUT2D eigenvalue weighted by atomic mass is 16.3. The van der Waals surface area contributed by atoms with Crippen LogP contribution in [0.1, 0.15) is 31.4 Å². The van der Waals surface area contributed by atoms with Crippen molar-refractivity contribution < 1.29 is 4.42 Å². The molecule has 1 aromatic heterocycles. The molecule has 0 bridgehead atoms. The van der Waals surface area contributed by atoms with Gasteiger partial charge in [-0.15, -0.1) is 0 Å². The van der Waals surface area contributed by atoms with Gasteiger partial charge in [0.15, 0.2) is 5.58 Å². The van der Waals surface area contributed by atoms with E-state index >= 15 is 0 Å². The molecular formula is C47H35NO. The van der Waals surface area contributed by atoms with Crippen LogP contribution in [0, 0.1) is 0 Å². The Bertz CT molecular complexity index is 2690. The molecular weight excluding hydrogens is 595 g/mol. The lowest BCUT2D eigenvalue weighted by Gasteiger charge is -2.36. The molecule has 2 aliphatic rings. The number of para-hydroxylation sites is 2. The smallest absolute Gasteiger partial charge is 0.159 e. The molecule has 2 nitrogen and oxygen atoms in total. The third-order valence-electron chi connectivity index (χ3n) is 11.0. The Morgan fingerprint density at radius 1 is 0.612 bits per heavy atom. The maximum absolute atomic E-state index is 6.89. The standard InChI is InChI=1S/C47H35NO/c1-47(2)40-19-9-7-17-37(40)38-26-25-34(29-41(38)47)48(42-20-10-8-15-35(42)33-23-22-30-12-3-4-14-32(30)28-33)43-21-11-18-39-45-36-16-6-5-13-31(36)24-27-44(45)49-46(39)43/h3-24,26-29,34H,25H2,1-2H3. The molecule has 1 atom stereocenters. The SMILES string of the molecule is CC1(C)C2=CC(N(c3ccccc3-c3ccc4ccccc4c3)c3cccc4c3oc3ccc5ccccc5c34)CC=C2c2ccccc21. The number of hydrogen-bond acceptors (Lipinski definition) is 2. The number of rotatable bonds is 4. The van der Waals surface area contributed by atoms with Crippen LogP contribution in [0.4, 0.5) is 11.4 Å². The summed E-state index contributed by atoms with van der Waals surface area (Å²) in [4.78, 5) is 2.55. The second-order valence-electron chi connectivity index (χ2n) is 14.0. The molecule has 0 aliphatic heterocycles. The van der Waals surface area contributed by atoms with Gasteiger partial charge in [0.2, 0.25) is 0 Å². The van der Waals surface area contributed by atoms with Crippen LogP contribution in [0.25, 0.3) is 60.2 Å². The van der Waals surface area contributed by atoms with E-state index in [4.69, 9.17) is 4.42 Å². The third kappa shape index (κ3) is 4.20. The van der Waals surface area contributed by atoms with Gasteiger partial charge in [-0.05, 0) is 80.1 Å². The summed E-state index contributed by atoms with van der Waals surface area (Å²) < 4.78 is 6.89. The van der Waals surface area contributed by atoms with Crippen molar-refractivity contribution in [2.75, 3.05) is 4.90 Å². The lowest BCUT2D eigenvalue weighted by molar-refractivity contribution is 0.642. The van der Waals surface area contributed by atoms with E-state index in [1.165, 1.54) is 66.0 Å². The summed E-state index contributed by atoms with van der Waals surface area (Å²) in [6, 6.07) is 52.9. The van der Waals surface area contributed by atoms with Crippen LogP contribution < -0.4 is 4.90 Å². The second-order valence-corrected chi connectivity index (χ2v) is 14.0. The van der Waals surface area contributed by atoms with Crippen molar-refractivity contribution in [1.82, 2.24) is 0 Å². The number of furan rings is 1. The number of fused-ring (bicyclic) bond motifs is 9. The molecule has 234 valence electrons. The Morgan fingerprint density at radius 3 is 2.20 bits per heavy atom. The van der Waals surface area contributed by atoms with Crippen molar-refractivity contribution >= 4 is 60.4 Å². The zero-order chi connectivity index (χ0) is 32.7. The molecule has 0 fully saturated rings. The molecule has 0 saturated carbocycles. The van der Waals surface area contributed by atoms with Gasteiger partial charge in [-0.3, -0.25) is 0 Å². The van der Waals surface area contributed by atoms with E-state index in [1.54, 1.807) is 0 Å². The highest BCUT2D eigenvalue weighted by Crippen LogP contribution is 2.53. The normalized spacial score (nSPS) is 16.5. The van der Waals surface area contributed by atoms with E-state index in [9.17, 15) is 0 Å². The van der Waals surface area contributed by atoms with E-state index in [1.807, 2.05) is 0 Å². The van der Waals surface area contributed by atoms with Gasteiger partial charge in [0.25, 0.3) is 0 Å². The minimum atomic E-state index is -0.0884. The molecule has 2 heteroatoms. The van der Waals surface area contributed by atoms with Gasteiger partial charge in [0.1, 0.15) is 5.58 Å². The first-order valence-electron chi connectivity index (χ1n) is 17.3. The molecule has 0 amide bonds. The van der Waals surface area contributed by atoms with E-state index in [-0.39, 0.29) is 11.5 Å². The predicted octanol–water partition coefficient (Wildman–Crippen LogP) is 12.8. The fraction of sp³-hybridized carbons (Fsp3) is 0.106. The van der Waals surface area contributed by atoms with Gasteiger partial charge in [-0.1, -0.05) is 147 Å². The molecule has 10 rings (SSSR count). The minimum absolute atomic E-state index is 0.0736. The van der Waals surface area contributed by atoms with Crippen LogP contribution in [-0.4, -0.2) is 6.04 Å². The number of benzene rings is 7. The van der Waals surface area contributed by atoms with Gasteiger partial charge in [-0.25, -0.2) is 0 Å². The summed E-state index contributed by atoms with van der Waals surface area (Å²) >= 11 is 0. The molecule has 0 N–H and O–H groups in total. The minimum Gasteiger partial charge on any atom is -0.454 e.